The standard InChI is InChI=1S/C13H16BrClN2O2/c1-7(8-5-16-6-8)13(18)17-11-4-9(15)3-10(14)12(11)19-2/h3-4,7-8,16H,5-6H2,1-2H3,(H,17,18). The van der Waals surface area contributed by atoms with E-state index < -0.39 is 0 Å². The average molecular weight is 348 g/mol. The Morgan fingerprint density at radius 2 is 2.26 bits per heavy atom. The Balaban J connectivity index is 2.15. The van der Waals surface area contributed by atoms with Gasteiger partial charge in [-0.25, -0.2) is 0 Å². The normalized spacial score (nSPS) is 16.6. The highest BCUT2D eigenvalue weighted by atomic mass is 79.9. The molecule has 1 fully saturated rings. The van der Waals surface area contributed by atoms with Crippen LogP contribution in [0, 0.1) is 11.8 Å². The van der Waals surface area contributed by atoms with Gasteiger partial charge in [0.15, 0.2) is 5.75 Å². The molecule has 1 aromatic carbocycles. The summed E-state index contributed by atoms with van der Waals surface area (Å²) in [6.45, 7) is 3.73. The van der Waals surface area contributed by atoms with Crippen LogP contribution in [-0.4, -0.2) is 26.1 Å². The van der Waals surface area contributed by atoms with Gasteiger partial charge in [0.05, 0.1) is 17.3 Å². The molecule has 0 radical (unpaired) electrons. The lowest BCUT2D eigenvalue weighted by Gasteiger charge is -2.31. The fourth-order valence-electron chi connectivity index (χ4n) is 1.99. The number of hydrogen-bond acceptors (Lipinski definition) is 3. The summed E-state index contributed by atoms with van der Waals surface area (Å²) < 4.78 is 6.00. The summed E-state index contributed by atoms with van der Waals surface area (Å²) in [5.41, 5.74) is 0.589. The van der Waals surface area contributed by atoms with Crippen LogP contribution in [0.15, 0.2) is 16.6 Å². The molecule has 0 bridgehead atoms. The number of rotatable bonds is 4. The van der Waals surface area contributed by atoms with Crippen molar-refractivity contribution in [3.8, 4) is 5.75 Å². The number of methoxy groups -OCH3 is 1. The third-order valence-electron chi connectivity index (χ3n) is 3.40. The second-order valence-electron chi connectivity index (χ2n) is 4.66. The monoisotopic (exact) mass is 346 g/mol. The summed E-state index contributed by atoms with van der Waals surface area (Å²) in [6, 6.07) is 3.42. The average Bonchev–Trinajstić information content (AvgIpc) is 2.25. The van der Waals surface area contributed by atoms with Gasteiger partial charge in [0, 0.05) is 10.9 Å². The lowest BCUT2D eigenvalue weighted by Crippen LogP contribution is -2.48. The summed E-state index contributed by atoms with van der Waals surface area (Å²) >= 11 is 9.36. The minimum absolute atomic E-state index is 0.0148. The van der Waals surface area contributed by atoms with Gasteiger partial charge in [0.1, 0.15) is 0 Å². The largest absolute Gasteiger partial charge is 0.493 e. The van der Waals surface area contributed by atoms with Crippen LogP contribution >= 0.6 is 27.5 Å². The maximum Gasteiger partial charge on any atom is 0.227 e. The number of benzene rings is 1. The molecule has 2 N–H and O–H groups in total. The van der Waals surface area contributed by atoms with E-state index in [4.69, 9.17) is 16.3 Å². The van der Waals surface area contributed by atoms with Crippen LogP contribution in [0.3, 0.4) is 0 Å². The van der Waals surface area contributed by atoms with E-state index in [2.05, 4.69) is 26.6 Å². The topological polar surface area (TPSA) is 50.4 Å². The van der Waals surface area contributed by atoms with Crippen molar-refractivity contribution in [2.45, 2.75) is 6.92 Å². The van der Waals surface area contributed by atoms with E-state index in [0.29, 0.717) is 22.4 Å². The van der Waals surface area contributed by atoms with Crippen molar-refractivity contribution >= 4 is 39.1 Å². The number of ether oxygens (including phenoxy) is 1. The minimum Gasteiger partial charge on any atom is -0.493 e. The fourth-order valence-corrected chi connectivity index (χ4v) is 2.96. The first-order valence-corrected chi connectivity index (χ1v) is 7.24. The SMILES string of the molecule is COc1c(Br)cc(Cl)cc1NC(=O)C(C)C1CNC1. The zero-order valence-corrected chi connectivity index (χ0v) is 13.1. The Kier molecular flexibility index (Phi) is 4.71. The highest BCUT2D eigenvalue weighted by Gasteiger charge is 2.29. The van der Waals surface area contributed by atoms with Crippen LogP contribution < -0.4 is 15.4 Å². The molecule has 2 rings (SSSR count). The first-order valence-electron chi connectivity index (χ1n) is 6.07. The van der Waals surface area contributed by atoms with Gasteiger partial charge in [0.25, 0.3) is 0 Å². The molecule has 0 spiro atoms. The van der Waals surface area contributed by atoms with Crippen LogP contribution in [-0.2, 0) is 4.79 Å². The van der Waals surface area contributed by atoms with Gasteiger partial charge >= 0.3 is 0 Å². The van der Waals surface area contributed by atoms with Crippen LogP contribution in [0.1, 0.15) is 6.92 Å². The number of carbonyl (C=O) groups is 1. The number of halogens is 2. The molecule has 104 valence electrons. The summed E-state index contributed by atoms with van der Waals surface area (Å²) in [6.07, 6.45) is 0. The molecular weight excluding hydrogens is 332 g/mol. The van der Waals surface area contributed by atoms with Crippen molar-refractivity contribution in [2.24, 2.45) is 11.8 Å². The maximum atomic E-state index is 12.2. The Labute approximate surface area is 126 Å². The molecular formula is C13H16BrClN2O2. The maximum absolute atomic E-state index is 12.2. The van der Waals surface area contributed by atoms with Crippen molar-refractivity contribution in [1.82, 2.24) is 5.32 Å². The van der Waals surface area contributed by atoms with Crippen molar-refractivity contribution in [3.63, 3.8) is 0 Å². The quantitative estimate of drug-likeness (QED) is 0.880. The Morgan fingerprint density at radius 1 is 1.58 bits per heavy atom. The Morgan fingerprint density at radius 3 is 2.79 bits per heavy atom. The molecule has 1 saturated heterocycles. The van der Waals surface area contributed by atoms with Gasteiger partial charge in [-0.3, -0.25) is 4.79 Å². The highest BCUT2D eigenvalue weighted by Crippen LogP contribution is 2.36. The van der Waals surface area contributed by atoms with E-state index in [1.54, 1.807) is 19.2 Å². The minimum atomic E-state index is -0.0382. The van der Waals surface area contributed by atoms with Crippen molar-refractivity contribution in [2.75, 3.05) is 25.5 Å². The van der Waals surface area contributed by atoms with Crippen LogP contribution in [0.2, 0.25) is 5.02 Å². The lowest BCUT2D eigenvalue weighted by molar-refractivity contribution is -0.121. The van der Waals surface area contributed by atoms with Crippen LogP contribution in [0.25, 0.3) is 0 Å². The summed E-state index contributed by atoms with van der Waals surface area (Å²) in [7, 11) is 1.56. The fraction of sp³-hybridized carbons (Fsp3) is 0.462. The third-order valence-corrected chi connectivity index (χ3v) is 4.21. The molecule has 1 atom stereocenters. The number of anilines is 1. The predicted molar refractivity (Wildman–Crippen MR) is 79.9 cm³/mol. The molecule has 1 aliphatic rings. The zero-order valence-electron chi connectivity index (χ0n) is 10.8. The number of carbonyl (C=O) groups excluding carboxylic acids is 1. The summed E-state index contributed by atoms with van der Waals surface area (Å²) in [5, 5.41) is 6.60. The number of hydrogen-bond donors (Lipinski definition) is 2. The van der Waals surface area contributed by atoms with Crippen molar-refractivity contribution in [1.29, 1.82) is 0 Å². The molecule has 19 heavy (non-hydrogen) atoms. The first-order chi connectivity index (χ1) is 9.02. The van der Waals surface area contributed by atoms with E-state index in [0.717, 1.165) is 17.6 Å². The molecule has 4 nitrogen and oxygen atoms in total. The Bertz CT molecular complexity index is 492. The van der Waals surface area contributed by atoms with E-state index in [-0.39, 0.29) is 11.8 Å². The van der Waals surface area contributed by atoms with E-state index >= 15 is 0 Å². The van der Waals surface area contributed by atoms with Crippen LogP contribution in [0.4, 0.5) is 5.69 Å². The number of nitrogens with one attached hydrogen (secondary N) is 2. The molecule has 1 aromatic rings. The van der Waals surface area contributed by atoms with E-state index in [9.17, 15) is 4.79 Å². The smallest absolute Gasteiger partial charge is 0.227 e. The molecule has 0 saturated carbocycles. The van der Waals surface area contributed by atoms with E-state index in [1.165, 1.54) is 0 Å². The summed E-state index contributed by atoms with van der Waals surface area (Å²) in [4.78, 5) is 12.2. The molecule has 1 heterocycles. The molecule has 1 aliphatic heterocycles. The Hall–Kier alpha value is -0.780. The first kappa shape index (κ1) is 14.6. The molecule has 6 heteroatoms. The van der Waals surface area contributed by atoms with Gasteiger partial charge in [-0.1, -0.05) is 18.5 Å². The molecule has 1 amide bonds. The molecule has 0 aromatic heterocycles. The number of amides is 1. The predicted octanol–water partition coefficient (Wildman–Crippen LogP) is 2.91. The molecule has 1 unspecified atom stereocenters. The van der Waals surface area contributed by atoms with E-state index in [1.807, 2.05) is 6.92 Å². The van der Waals surface area contributed by atoms with Gasteiger partial charge in [-0.2, -0.15) is 0 Å². The van der Waals surface area contributed by atoms with Crippen molar-refractivity contribution in [3.05, 3.63) is 21.6 Å². The van der Waals surface area contributed by atoms with Gasteiger partial charge < -0.3 is 15.4 Å². The molecule has 0 aliphatic carbocycles. The summed E-state index contributed by atoms with van der Waals surface area (Å²) in [5.74, 6) is 0.924. The lowest BCUT2D eigenvalue weighted by atomic mass is 9.88. The zero-order chi connectivity index (χ0) is 14.0. The second-order valence-corrected chi connectivity index (χ2v) is 5.96. The van der Waals surface area contributed by atoms with Crippen LogP contribution in [0.5, 0.6) is 5.75 Å². The highest BCUT2D eigenvalue weighted by molar-refractivity contribution is 9.10. The van der Waals surface area contributed by atoms with Gasteiger partial charge in [0.2, 0.25) is 5.91 Å². The second kappa shape index (κ2) is 6.11. The third kappa shape index (κ3) is 3.22. The van der Waals surface area contributed by atoms with Gasteiger partial charge in [-0.15, -0.1) is 0 Å². The van der Waals surface area contributed by atoms with Gasteiger partial charge in [-0.05, 0) is 47.1 Å². The van der Waals surface area contributed by atoms with Crippen molar-refractivity contribution < 1.29 is 9.53 Å².